The highest BCUT2D eigenvalue weighted by molar-refractivity contribution is 7.89. The minimum Gasteiger partial charge on any atom is -0.497 e. The lowest BCUT2D eigenvalue weighted by Gasteiger charge is -2.17. The van der Waals surface area contributed by atoms with Gasteiger partial charge in [0.15, 0.2) is 0 Å². The summed E-state index contributed by atoms with van der Waals surface area (Å²) in [4.78, 5) is -0.382. The number of alkyl halides is 3. The number of benzene rings is 2. The molecule has 0 aliphatic heterocycles. The molecule has 164 valence electrons. The van der Waals surface area contributed by atoms with Crippen molar-refractivity contribution in [1.82, 2.24) is 20.2 Å². The molecule has 0 bridgehead atoms. The van der Waals surface area contributed by atoms with E-state index >= 15 is 0 Å². The Bertz CT molecular complexity index is 1200. The first-order chi connectivity index (χ1) is 14.4. The number of ether oxygens (including phenoxy) is 1. The van der Waals surface area contributed by atoms with Gasteiger partial charge in [-0.2, -0.15) is 18.0 Å². The van der Waals surface area contributed by atoms with Crippen molar-refractivity contribution in [3.8, 4) is 17.1 Å². The highest BCUT2D eigenvalue weighted by Gasteiger charge is 2.40. The van der Waals surface area contributed by atoms with Crippen LogP contribution in [0.3, 0.4) is 0 Å². The maximum Gasteiger partial charge on any atom is 0.489 e. The third-order valence-electron chi connectivity index (χ3n) is 4.22. The molecule has 3 rings (SSSR count). The summed E-state index contributed by atoms with van der Waals surface area (Å²) in [6.07, 6.45) is -5.10. The van der Waals surface area contributed by atoms with Gasteiger partial charge in [0.2, 0.25) is 15.8 Å². The molecule has 0 aliphatic carbocycles. The minimum atomic E-state index is -5.10. The molecule has 0 amide bonds. The second-order valence-corrected chi connectivity index (χ2v) is 7.81. The fourth-order valence-electron chi connectivity index (χ4n) is 2.87. The number of primary sulfonamides is 1. The standard InChI is InChI=1S/C16H15BF3N5O5S/c1-30-10-4-2-9(3-5-10)8-25-23-15(22-24-25)13-12(17(26)27)7-6-11(16(18,19)20)14(13)31(21,28)29/h2-7,26-27H,8H2,1H3,(H2,21,28,29). The zero-order chi connectivity index (χ0) is 23.0. The van der Waals surface area contributed by atoms with Crippen LogP contribution in [-0.2, 0) is 22.7 Å². The Kier molecular flexibility index (Phi) is 6.04. The Labute approximate surface area is 174 Å². The summed E-state index contributed by atoms with van der Waals surface area (Å²) >= 11 is 0. The highest BCUT2D eigenvalue weighted by Crippen LogP contribution is 2.37. The third kappa shape index (κ3) is 4.85. The molecule has 15 heteroatoms. The van der Waals surface area contributed by atoms with Crippen LogP contribution in [0, 0.1) is 0 Å². The summed E-state index contributed by atoms with van der Waals surface area (Å²) in [7, 11) is -5.82. The molecule has 0 saturated carbocycles. The molecule has 3 aromatic rings. The molecule has 1 aromatic heterocycles. The number of aromatic nitrogens is 4. The van der Waals surface area contributed by atoms with Crippen LogP contribution in [0.2, 0.25) is 0 Å². The topological polar surface area (TPSA) is 153 Å². The summed E-state index contributed by atoms with van der Waals surface area (Å²) in [5.41, 5.74) is -2.29. The third-order valence-corrected chi connectivity index (χ3v) is 5.21. The first-order valence-electron chi connectivity index (χ1n) is 8.46. The van der Waals surface area contributed by atoms with Crippen LogP contribution in [0.5, 0.6) is 5.75 Å². The Morgan fingerprint density at radius 2 is 1.81 bits per heavy atom. The summed E-state index contributed by atoms with van der Waals surface area (Å²) < 4.78 is 69.5. The monoisotopic (exact) mass is 457 g/mol. The Morgan fingerprint density at radius 1 is 1.16 bits per heavy atom. The minimum absolute atomic E-state index is 0.0394. The number of halogens is 3. The van der Waals surface area contributed by atoms with Crippen LogP contribution in [0.4, 0.5) is 13.2 Å². The Morgan fingerprint density at radius 3 is 2.32 bits per heavy atom. The van der Waals surface area contributed by atoms with Gasteiger partial charge in [-0.1, -0.05) is 18.2 Å². The van der Waals surface area contributed by atoms with Crippen LogP contribution >= 0.6 is 0 Å². The van der Waals surface area contributed by atoms with E-state index < -0.39 is 50.6 Å². The summed E-state index contributed by atoms with van der Waals surface area (Å²) in [6.45, 7) is 0.0394. The summed E-state index contributed by atoms with van der Waals surface area (Å²) in [5.74, 6) is 0.0195. The normalized spacial score (nSPS) is 12.1. The molecular formula is C16H15BF3N5O5S. The summed E-state index contributed by atoms with van der Waals surface area (Å²) in [6, 6.07) is 7.80. The predicted octanol–water partition coefficient (Wildman–Crippen LogP) is -0.257. The van der Waals surface area contributed by atoms with Crippen molar-refractivity contribution in [3.05, 3.63) is 47.5 Å². The molecule has 2 aromatic carbocycles. The maximum absolute atomic E-state index is 13.4. The van der Waals surface area contributed by atoms with Gasteiger partial charge in [0, 0.05) is 5.56 Å². The molecule has 0 unspecified atom stereocenters. The number of nitrogens with zero attached hydrogens (tertiary/aromatic N) is 4. The lowest BCUT2D eigenvalue weighted by Crippen LogP contribution is -2.35. The second kappa shape index (κ2) is 8.26. The fourth-order valence-corrected chi connectivity index (χ4v) is 3.85. The van der Waals surface area contributed by atoms with Crippen LogP contribution in [0.15, 0.2) is 41.3 Å². The van der Waals surface area contributed by atoms with E-state index in [2.05, 4.69) is 15.4 Å². The highest BCUT2D eigenvalue weighted by atomic mass is 32.2. The van der Waals surface area contributed by atoms with E-state index in [1.54, 1.807) is 24.3 Å². The molecule has 4 N–H and O–H groups in total. The Hall–Kier alpha value is -3.01. The molecule has 0 saturated heterocycles. The number of tetrazole rings is 1. The molecule has 31 heavy (non-hydrogen) atoms. The quantitative estimate of drug-likeness (QED) is 0.428. The van der Waals surface area contributed by atoms with Gasteiger partial charge in [-0.3, -0.25) is 0 Å². The van der Waals surface area contributed by atoms with Crippen molar-refractivity contribution < 1.29 is 36.4 Å². The van der Waals surface area contributed by atoms with Gasteiger partial charge in [-0.15, -0.1) is 10.2 Å². The average Bonchev–Trinajstić information content (AvgIpc) is 3.14. The van der Waals surface area contributed by atoms with Crippen molar-refractivity contribution in [3.63, 3.8) is 0 Å². The fraction of sp³-hybridized carbons (Fsp3) is 0.188. The Balaban J connectivity index is 2.15. The van der Waals surface area contributed by atoms with Crippen LogP contribution in [0.1, 0.15) is 11.1 Å². The SMILES string of the molecule is COc1ccc(Cn2nnc(-c3c(B(O)O)ccc(C(F)(F)F)c3S(N)(=O)=O)n2)cc1. The predicted molar refractivity (Wildman–Crippen MR) is 102 cm³/mol. The molecule has 10 nitrogen and oxygen atoms in total. The van der Waals surface area contributed by atoms with Gasteiger partial charge in [-0.25, -0.2) is 13.6 Å². The lowest BCUT2D eigenvalue weighted by molar-refractivity contribution is -0.139. The number of methoxy groups -OCH3 is 1. The van der Waals surface area contributed by atoms with Gasteiger partial charge in [-0.05, 0) is 34.4 Å². The van der Waals surface area contributed by atoms with Crippen LogP contribution < -0.4 is 15.3 Å². The molecular weight excluding hydrogens is 442 g/mol. The second-order valence-electron chi connectivity index (χ2n) is 6.31. The van der Waals surface area contributed by atoms with E-state index in [-0.39, 0.29) is 6.54 Å². The smallest absolute Gasteiger partial charge is 0.489 e. The van der Waals surface area contributed by atoms with Crippen LogP contribution in [0.25, 0.3) is 11.4 Å². The zero-order valence-corrected chi connectivity index (χ0v) is 16.6. The number of rotatable bonds is 6. The first-order valence-corrected chi connectivity index (χ1v) is 10.0. The average molecular weight is 457 g/mol. The molecule has 0 atom stereocenters. The van der Waals surface area contributed by atoms with Crippen molar-refractivity contribution in [2.24, 2.45) is 5.14 Å². The van der Waals surface area contributed by atoms with Gasteiger partial charge in [0.25, 0.3) is 0 Å². The number of hydrogen-bond acceptors (Lipinski definition) is 8. The van der Waals surface area contributed by atoms with Gasteiger partial charge in [0.05, 0.1) is 19.2 Å². The molecule has 0 spiro atoms. The van der Waals surface area contributed by atoms with Gasteiger partial charge < -0.3 is 14.8 Å². The van der Waals surface area contributed by atoms with E-state index in [1.165, 1.54) is 7.11 Å². The number of hydrogen-bond donors (Lipinski definition) is 3. The van der Waals surface area contributed by atoms with Crippen molar-refractivity contribution >= 4 is 22.6 Å². The van der Waals surface area contributed by atoms with Crippen molar-refractivity contribution in [1.29, 1.82) is 0 Å². The van der Waals surface area contributed by atoms with Gasteiger partial charge >= 0.3 is 13.3 Å². The molecule has 0 radical (unpaired) electrons. The van der Waals surface area contributed by atoms with E-state index in [1.807, 2.05) is 0 Å². The molecule has 1 heterocycles. The molecule has 0 fully saturated rings. The van der Waals surface area contributed by atoms with Crippen LogP contribution in [-0.4, -0.2) is 52.9 Å². The number of nitrogens with two attached hydrogens (primary N) is 1. The van der Waals surface area contributed by atoms with Gasteiger partial charge in [0.1, 0.15) is 10.6 Å². The number of sulfonamides is 1. The van der Waals surface area contributed by atoms with E-state index in [9.17, 15) is 31.6 Å². The lowest BCUT2D eigenvalue weighted by atomic mass is 9.76. The zero-order valence-electron chi connectivity index (χ0n) is 15.8. The van der Waals surface area contributed by atoms with E-state index in [0.717, 1.165) is 4.80 Å². The van der Waals surface area contributed by atoms with Crippen molar-refractivity contribution in [2.75, 3.05) is 7.11 Å². The first kappa shape index (κ1) is 22.7. The van der Waals surface area contributed by atoms with E-state index in [4.69, 9.17) is 9.88 Å². The summed E-state index contributed by atoms with van der Waals surface area (Å²) in [5, 5.41) is 35.4. The van der Waals surface area contributed by atoms with E-state index in [0.29, 0.717) is 23.4 Å². The molecule has 0 aliphatic rings. The van der Waals surface area contributed by atoms with Crippen molar-refractivity contribution in [2.45, 2.75) is 17.6 Å². The largest absolute Gasteiger partial charge is 0.497 e. The maximum atomic E-state index is 13.4.